The molecule has 2 rings (SSSR count). The second kappa shape index (κ2) is 4.60. The lowest BCUT2D eigenvalue weighted by atomic mass is 10.1. The number of nitrogens with two attached hydrogens (primary N) is 1. The molecule has 0 unspecified atom stereocenters. The molecule has 0 aliphatic carbocycles. The number of aromatic carboxylic acids is 1. The fourth-order valence-corrected chi connectivity index (χ4v) is 1.96. The fourth-order valence-electron chi connectivity index (χ4n) is 1.96. The Kier molecular flexibility index (Phi) is 3.12. The molecule has 1 saturated heterocycles. The maximum atomic E-state index is 11.3. The van der Waals surface area contributed by atoms with Crippen molar-refractivity contribution in [1.29, 1.82) is 0 Å². The smallest absolute Gasteiger partial charge is 0.337 e. The summed E-state index contributed by atoms with van der Waals surface area (Å²) in [5.41, 5.74) is 6.93. The maximum absolute atomic E-state index is 11.3. The van der Waals surface area contributed by atoms with Crippen LogP contribution in [0.1, 0.15) is 15.9 Å². The average molecular weight is 263 g/mol. The number of nitrogens with zero attached hydrogens (tertiary/aromatic N) is 1. The van der Waals surface area contributed by atoms with Gasteiger partial charge in [-0.1, -0.05) is 0 Å². The van der Waals surface area contributed by atoms with E-state index in [1.54, 1.807) is 13.0 Å². The quantitative estimate of drug-likeness (QED) is 0.500. The fraction of sp³-hybridized carbons (Fsp3) is 0.250. The minimum absolute atomic E-state index is 0.00809. The van der Waals surface area contributed by atoms with Crippen LogP contribution in [0.3, 0.4) is 0 Å². The number of nitrogens with one attached hydrogen (secondary N) is 1. The SMILES string of the molecule is Cc1cc(N2CC(=O)NC(=O)C2)cc(C(=O)O)c1N. The van der Waals surface area contributed by atoms with Crippen LogP contribution in [0.5, 0.6) is 0 Å². The van der Waals surface area contributed by atoms with Crippen LogP contribution in [-0.2, 0) is 9.59 Å². The number of carboxylic acid groups (broad SMARTS) is 1. The third kappa shape index (κ3) is 2.49. The minimum Gasteiger partial charge on any atom is -0.478 e. The molecule has 1 aliphatic rings. The van der Waals surface area contributed by atoms with Crippen LogP contribution >= 0.6 is 0 Å². The van der Waals surface area contributed by atoms with Crippen molar-refractivity contribution in [3.63, 3.8) is 0 Å². The number of benzene rings is 1. The van der Waals surface area contributed by atoms with Gasteiger partial charge in [-0.25, -0.2) is 4.79 Å². The van der Waals surface area contributed by atoms with E-state index in [0.29, 0.717) is 11.3 Å². The topological polar surface area (TPSA) is 113 Å². The summed E-state index contributed by atoms with van der Waals surface area (Å²) in [5, 5.41) is 11.3. The Hall–Kier alpha value is -2.57. The Morgan fingerprint density at radius 1 is 1.32 bits per heavy atom. The summed E-state index contributed by atoms with van der Waals surface area (Å²) >= 11 is 0. The lowest BCUT2D eigenvalue weighted by Gasteiger charge is -2.28. The molecule has 0 radical (unpaired) electrons. The van der Waals surface area contributed by atoms with E-state index in [1.807, 2.05) is 0 Å². The normalized spacial score (nSPS) is 15.3. The molecule has 1 fully saturated rings. The third-order valence-electron chi connectivity index (χ3n) is 2.91. The number of rotatable bonds is 2. The molecule has 19 heavy (non-hydrogen) atoms. The molecule has 7 nitrogen and oxygen atoms in total. The Morgan fingerprint density at radius 2 is 1.89 bits per heavy atom. The minimum atomic E-state index is -1.14. The van der Waals surface area contributed by atoms with Crippen LogP contribution in [0.2, 0.25) is 0 Å². The average Bonchev–Trinajstić information content (AvgIpc) is 2.30. The summed E-state index contributed by atoms with van der Waals surface area (Å²) in [6.07, 6.45) is 0. The largest absolute Gasteiger partial charge is 0.478 e. The molecule has 1 aromatic carbocycles. The first-order valence-electron chi connectivity index (χ1n) is 5.59. The van der Waals surface area contributed by atoms with Crippen molar-refractivity contribution in [3.05, 3.63) is 23.3 Å². The van der Waals surface area contributed by atoms with Crippen molar-refractivity contribution in [3.8, 4) is 0 Å². The van der Waals surface area contributed by atoms with Gasteiger partial charge in [0.05, 0.1) is 18.7 Å². The summed E-state index contributed by atoms with van der Waals surface area (Å²) in [5.74, 6) is -1.97. The molecule has 7 heteroatoms. The second-order valence-electron chi connectivity index (χ2n) is 4.36. The lowest BCUT2D eigenvalue weighted by Crippen LogP contribution is -2.51. The molecule has 1 heterocycles. The van der Waals surface area contributed by atoms with Crippen LogP contribution in [0.25, 0.3) is 0 Å². The summed E-state index contributed by atoms with van der Waals surface area (Å²) in [6, 6.07) is 3.03. The van der Waals surface area contributed by atoms with Crippen molar-refractivity contribution in [1.82, 2.24) is 5.32 Å². The highest BCUT2D eigenvalue weighted by Crippen LogP contribution is 2.26. The molecular formula is C12H13N3O4. The number of carbonyl (C=O) groups excluding carboxylic acids is 2. The molecule has 1 aliphatic heterocycles. The Balaban J connectivity index is 2.42. The molecule has 0 aromatic heterocycles. The number of hydrogen-bond donors (Lipinski definition) is 3. The van der Waals surface area contributed by atoms with Gasteiger partial charge in [0.15, 0.2) is 0 Å². The van der Waals surface area contributed by atoms with E-state index < -0.39 is 17.8 Å². The first-order valence-corrected chi connectivity index (χ1v) is 5.59. The van der Waals surface area contributed by atoms with Crippen molar-refractivity contribution in [2.45, 2.75) is 6.92 Å². The van der Waals surface area contributed by atoms with Gasteiger partial charge >= 0.3 is 5.97 Å². The number of anilines is 2. The van der Waals surface area contributed by atoms with Crippen LogP contribution in [0, 0.1) is 6.92 Å². The molecule has 100 valence electrons. The molecule has 0 spiro atoms. The number of nitrogen functional groups attached to an aromatic ring is 1. The standard InChI is InChI=1S/C12H13N3O4/c1-6-2-7(3-8(11(6)13)12(18)19)15-4-9(16)14-10(17)5-15/h2-3H,4-5,13H2,1H3,(H,18,19)(H,14,16,17). The Morgan fingerprint density at radius 3 is 2.42 bits per heavy atom. The highest BCUT2D eigenvalue weighted by Gasteiger charge is 2.24. The van der Waals surface area contributed by atoms with Gasteiger partial charge in [-0.05, 0) is 24.6 Å². The number of carboxylic acids is 1. The van der Waals surface area contributed by atoms with Crippen molar-refractivity contribution < 1.29 is 19.5 Å². The zero-order valence-corrected chi connectivity index (χ0v) is 10.3. The number of carbonyl (C=O) groups is 3. The van der Waals surface area contributed by atoms with Gasteiger partial charge in [0.25, 0.3) is 0 Å². The van der Waals surface area contributed by atoms with Gasteiger partial charge in [0.1, 0.15) is 0 Å². The molecule has 0 bridgehead atoms. The van der Waals surface area contributed by atoms with Crippen LogP contribution in [-0.4, -0.2) is 36.0 Å². The third-order valence-corrected chi connectivity index (χ3v) is 2.91. The molecule has 1 aromatic rings. The molecule has 2 amide bonds. The number of hydrogen-bond acceptors (Lipinski definition) is 5. The molecule has 0 saturated carbocycles. The lowest BCUT2D eigenvalue weighted by molar-refractivity contribution is -0.130. The van der Waals surface area contributed by atoms with E-state index >= 15 is 0 Å². The van der Waals surface area contributed by atoms with Gasteiger partial charge in [0, 0.05) is 11.4 Å². The maximum Gasteiger partial charge on any atom is 0.337 e. The summed E-state index contributed by atoms with van der Waals surface area (Å²) < 4.78 is 0. The van der Waals surface area contributed by atoms with Gasteiger partial charge in [-0.15, -0.1) is 0 Å². The summed E-state index contributed by atoms with van der Waals surface area (Å²) in [4.78, 5) is 35.2. The van der Waals surface area contributed by atoms with Crippen molar-refractivity contribution in [2.75, 3.05) is 23.7 Å². The van der Waals surface area contributed by atoms with Gasteiger partial charge < -0.3 is 15.7 Å². The highest BCUT2D eigenvalue weighted by atomic mass is 16.4. The molecular weight excluding hydrogens is 250 g/mol. The van der Waals surface area contributed by atoms with E-state index in [4.69, 9.17) is 10.8 Å². The van der Waals surface area contributed by atoms with Crippen LogP contribution in [0.15, 0.2) is 12.1 Å². The predicted molar refractivity (Wildman–Crippen MR) is 67.9 cm³/mol. The summed E-state index contributed by atoms with van der Waals surface area (Å²) in [6.45, 7) is 1.69. The van der Waals surface area contributed by atoms with Gasteiger partial charge in [0.2, 0.25) is 11.8 Å². The zero-order chi connectivity index (χ0) is 14.2. The van der Waals surface area contributed by atoms with Gasteiger partial charge in [-0.2, -0.15) is 0 Å². The monoisotopic (exact) mass is 263 g/mol. The van der Waals surface area contributed by atoms with E-state index in [0.717, 1.165) is 0 Å². The summed E-state index contributed by atoms with van der Waals surface area (Å²) in [7, 11) is 0. The number of amides is 2. The second-order valence-corrected chi connectivity index (χ2v) is 4.36. The zero-order valence-electron chi connectivity index (χ0n) is 10.3. The van der Waals surface area contributed by atoms with E-state index in [1.165, 1.54) is 11.0 Å². The van der Waals surface area contributed by atoms with Gasteiger partial charge in [-0.3, -0.25) is 14.9 Å². The Labute approximate surface area is 109 Å². The number of piperazine rings is 1. The van der Waals surface area contributed by atoms with E-state index in [9.17, 15) is 14.4 Å². The highest BCUT2D eigenvalue weighted by molar-refractivity contribution is 6.03. The predicted octanol–water partition coefficient (Wildman–Crippen LogP) is -0.262. The first-order chi connectivity index (χ1) is 8.88. The van der Waals surface area contributed by atoms with Crippen molar-refractivity contribution >= 4 is 29.2 Å². The van der Waals surface area contributed by atoms with Crippen molar-refractivity contribution in [2.24, 2.45) is 0 Å². The molecule has 0 atom stereocenters. The number of aryl methyl sites for hydroxylation is 1. The van der Waals surface area contributed by atoms with Crippen LogP contribution in [0.4, 0.5) is 11.4 Å². The molecule has 4 N–H and O–H groups in total. The van der Waals surface area contributed by atoms with E-state index in [2.05, 4.69) is 5.32 Å². The Bertz CT molecular complexity index is 567. The van der Waals surface area contributed by atoms with Crippen LogP contribution < -0.4 is 16.0 Å². The number of imide groups is 1. The van der Waals surface area contributed by atoms with E-state index in [-0.39, 0.29) is 24.3 Å². The first kappa shape index (κ1) is 12.9.